The van der Waals surface area contributed by atoms with Gasteiger partial charge in [-0.2, -0.15) is 5.10 Å². The maximum Gasteiger partial charge on any atom is 0.260 e. The number of likely N-dealkylation sites (tertiary alicyclic amines) is 1. The molecule has 29 heavy (non-hydrogen) atoms. The molecule has 1 aromatic carbocycles. The van der Waals surface area contributed by atoms with E-state index in [1.165, 1.54) is 0 Å². The Labute approximate surface area is 170 Å². The van der Waals surface area contributed by atoms with Crippen LogP contribution in [0.4, 0.5) is 5.82 Å². The van der Waals surface area contributed by atoms with E-state index in [1.807, 2.05) is 42.3 Å². The second-order valence-corrected chi connectivity index (χ2v) is 7.28. The third kappa shape index (κ3) is 4.17. The smallest absolute Gasteiger partial charge is 0.260 e. The number of hydrogen-bond donors (Lipinski definition) is 1. The van der Waals surface area contributed by atoms with Crippen LogP contribution in [0.15, 0.2) is 48.9 Å². The highest BCUT2D eigenvalue weighted by molar-refractivity contribution is 6.05. The zero-order valence-corrected chi connectivity index (χ0v) is 16.8. The van der Waals surface area contributed by atoms with Gasteiger partial charge in [-0.05, 0) is 25.0 Å². The van der Waals surface area contributed by atoms with Gasteiger partial charge in [-0.25, -0.2) is 9.67 Å². The van der Waals surface area contributed by atoms with Crippen molar-refractivity contribution in [3.8, 4) is 5.75 Å². The number of nitrogens with one attached hydrogen (secondary N) is 1. The van der Waals surface area contributed by atoms with Crippen LogP contribution >= 0.6 is 0 Å². The molecule has 0 spiro atoms. The number of benzene rings is 1. The van der Waals surface area contributed by atoms with Gasteiger partial charge in [0.15, 0.2) is 0 Å². The number of amides is 1. The van der Waals surface area contributed by atoms with Crippen LogP contribution < -0.4 is 10.1 Å². The summed E-state index contributed by atoms with van der Waals surface area (Å²) in [7, 11) is 3.59. The minimum Gasteiger partial charge on any atom is -0.496 e. The normalized spacial score (nSPS) is 15.4. The molecule has 8 nitrogen and oxygen atoms in total. The lowest BCUT2D eigenvalue weighted by Gasteiger charge is -2.32. The van der Waals surface area contributed by atoms with Gasteiger partial charge in [-0.3, -0.25) is 9.69 Å². The topological polar surface area (TPSA) is 77.2 Å². The van der Waals surface area contributed by atoms with Crippen molar-refractivity contribution in [3.63, 3.8) is 0 Å². The van der Waals surface area contributed by atoms with Gasteiger partial charge in [0.25, 0.3) is 5.91 Å². The van der Waals surface area contributed by atoms with E-state index >= 15 is 0 Å². The molecule has 0 aliphatic carbocycles. The van der Waals surface area contributed by atoms with Crippen molar-refractivity contribution in [3.05, 3.63) is 60.3 Å². The highest BCUT2D eigenvalue weighted by Crippen LogP contribution is 2.27. The molecule has 4 rings (SSSR count). The van der Waals surface area contributed by atoms with Crippen molar-refractivity contribution in [2.75, 3.05) is 25.5 Å². The van der Waals surface area contributed by atoms with Gasteiger partial charge >= 0.3 is 0 Å². The largest absolute Gasteiger partial charge is 0.496 e. The van der Waals surface area contributed by atoms with Gasteiger partial charge in [-0.15, -0.1) is 0 Å². The first-order valence-corrected chi connectivity index (χ1v) is 9.82. The summed E-state index contributed by atoms with van der Waals surface area (Å²) in [6.07, 6.45) is 7.50. The van der Waals surface area contributed by atoms with Gasteiger partial charge in [0.05, 0.1) is 31.5 Å². The molecule has 1 fully saturated rings. The standard InChI is InChI=1S/C21H26N6O2/c1-25-14-11-22-20(25)15-26-12-8-16(9-13-26)27-19(7-10-23-27)24-21(28)17-5-3-4-6-18(17)29-2/h3-7,10-11,14,16H,8-9,12-13,15H2,1-2H3,(H,24,28). The second-order valence-electron chi connectivity index (χ2n) is 7.28. The van der Waals surface area contributed by atoms with Crippen LogP contribution in [-0.4, -0.2) is 50.3 Å². The van der Waals surface area contributed by atoms with E-state index in [1.54, 1.807) is 25.4 Å². The highest BCUT2D eigenvalue weighted by Gasteiger charge is 2.24. The Kier molecular flexibility index (Phi) is 5.62. The van der Waals surface area contributed by atoms with Crippen molar-refractivity contribution in [1.29, 1.82) is 0 Å². The lowest BCUT2D eigenvalue weighted by molar-refractivity contribution is 0.102. The number of hydrogen-bond acceptors (Lipinski definition) is 5. The van der Waals surface area contributed by atoms with Gasteiger partial charge in [0, 0.05) is 38.6 Å². The Morgan fingerprint density at radius 3 is 2.72 bits per heavy atom. The van der Waals surface area contributed by atoms with Crippen LogP contribution in [0.25, 0.3) is 0 Å². The van der Waals surface area contributed by atoms with Gasteiger partial charge in [0.2, 0.25) is 0 Å². The summed E-state index contributed by atoms with van der Waals surface area (Å²) in [4.78, 5) is 19.6. The Bertz CT molecular complexity index is 971. The van der Waals surface area contributed by atoms with Gasteiger partial charge < -0.3 is 14.6 Å². The van der Waals surface area contributed by atoms with Crippen molar-refractivity contribution in [2.24, 2.45) is 7.05 Å². The summed E-state index contributed by atoms with van der Waals surface area (Å²) in [6, 6.07) is 9.31. The number of imidazole rings is 1. The molecule has 0 bridgehead atoms. The van der Waals surface area contributed by atoms with Gasteiger partial charge in [0.1, 0.15) is 17.4 Å². The second kappa shape index (κ2) is 8.48. The van der Waals surface area contributed by atoms with Gasteiger partial charge in [-0.1, -0.05) is 12.1 Å². The molecule has 0 unspecified atom stereocenters. The van der Waals surface area contributed by atoms with Crippen LogP contribution in [0.3, 0.4) is 0 Å². The minimum absolute atomic E-state index is 0.198. The Balaban J connectivity index is 1.40. The van der Waals surface area contributed by atoms with E-state index in [-0.39, 0.29) is 11.9 Å². The highest BCUT2D eigenvalue weighted by atomic mass is 16.5. The fraction of sp³-hybridized carbons (Fsp3) is 0.381. The van der Waals surface area contributed by atoms with Crippen LogP contribution in [0.5, 0.6) is 5.75 Å². The number of methoxy groups -OCH3 is 1. The monoisotopic (exact) mass is 394 g/mol. The molecule has 152 valence electrons. The predicted molar refractivity (Wildman–Crippen MR) is 110 cm³/mol. The quantitative estimate of drug-likeness (QED) is 0.696. The third-order valence-corrected chi connectivity index (χ3v) is 5.45. The summed E-state index contributed by atoms with van der Waals surface area (Å²) in [5, 5.41) is 7.47. The number of aryl methyl sites for hydroxylation is 1. The van der Waals surface area contributed by atoms with Crippen LogP contribution in [0, 0.1) is 0 Å². The molecular formula is C21H26N6O2. The number of rotatable bonds is 6. The number of nitrogens with zero attached hydrogens (tertiary/aromatic N) is 5. The summed E-state index contributed by atoms with van der Waals surface area (Å²) < 4.78 is 9.30. The van der Waals surface area contributed by atoms with Crippen LogP contribution in [-0.2, 0) is 13.6 Å². The average molecular weight is 394 g/mol. The molecule has 0 saturated carbocycles. The Hall–Kier alpha value is -3.13. The molecule has 1 aliphatic rings. The number of carbonyl (C=O) groups is 1. The lowest BCUT2D eigenvalue weighted by Crippen LogP contribution is -2.35. The Morgan fingerprint density at radius 2 is 2.00 bits per heavy atom. The first kappa shape index (κ1) is 19.2. The molecular weight excluding hydrogens is 368 g/mol. The molecule has 0 atom stereocenters. The molecule has 1 amide bonds. The number of piperidine rings is 1. The summed E-state index contributed by atoms with van der Waals surface area (Å²) in [5.74, 6) is 2.14. The van der Waals surface area contributed by atoms with Crippen molar-refractivity contribution < 1.29 is 9.53 Å². The molecule has 0 radical (unpaired) electrons. The van der Waals surface area contributed by atoms with Crippen LogP contribution in [0.1, 0.15) is 35.1 Å². The summed E-state index contributed by atoms with van der Waals surface area (Å²) in [5.41, 5.74) is 0.507. The maximum atomic E-state index is 12.7. The first-order valence-electron chi connectivity index (χ1n) is 9.82. The average Bonchev–Trinajstić information content (AvgIpc) is 3.37. The maximum absolute atomic E-state index is 12.7. The van der Waals surface area contributed by atoms with Crippen molar-refractivity contribution >= 4 is 11.7 Å². The summed E-state index contributed by atoms with van der Waals surface area (Å²) in [6.45, 7) is 2.79. The zero-order valence-electron chi connectivity index (χ0n) is 16.8. The SMILES string of the molecule is COc1ccccc1C(=O)Nc1ccnn1C1CCN(Cc2nccn2C)CC1. The van der Waals surface area contributed by atoms with E-state index in [0.717, 1.165) is 38.3 Å². The van der Waals surface area contributed by atoms with Crippen molar-refractivity contribution in [1.82, 2.24) is 24.2 Å². The first-order chi connectivity index (χ1) is 14.2. The number of ether oxygens (including phenoxy) is 1. The molecule has 1 aliphatic heterocycles. The van der Waals surface area contributed by atoms with E-state index in [0.29, 0.717) is 17.1 Å². The fourth-order valence-electron chi connectivity index (χ4n) is 3.79. The predicted octanol–water partition coefficient (Wildman–Crippen LogP) is 2.71. The molecule has 1 saturated heterocycles. The molecule has 2 aromatic heterocycles. The molecule has 3 heterocycles. The minimum atomic E-state index is -0.198. The van der Waals surface area contributed by atoms with E-state index in [4.69, 9.17) is 4.74 Å². The van der Waals surface area contributed by atoms with E-state index < -0.39 is 0 Å². The Morgan fingerprint density at radius 1 is 1.21 bits per heavy atom. The summed E-state index contributed by atoms with van der Waals surface area (Å²) >= 11 is 0. The van der Waals surface area contributed by atoms with E-state index in [2.05, 4.69) is 24.9 Å². The van der Waals surface area contributed by atoms with Crippen molar-refractivity contribution in [2.45, 2.75) is 25.4 Å². The van der Waals surface area contributed by atoms with Crippen LogP contribution in [0.2, 0.25) is 0 Å². The van der Waals surface area contributed by atoms with E-state index in [9.17, 15) is 4.79 Å². The third-order valence-electron chi connectivity index (χ3n) is 5.45. The zero-order chi connectivity index (χ0) is 20.2. The molecule has 3 aromatic rings. The molecule has 1 N–H and O–H groups in total. The number of aromatic nitrogens is 4. The number of carbonyl (C=O) groups excluding carboxylic acids is 1. The molecule has 8 heteroatoms. The lowest BCUT2D eigenvalue weighted by atomic mass is 10.1. The number of para-hydroxylation sites is 1. The fourth-order valence-corrected chi connectivity index (χ4v) is 3.79. The number of anilines is 1.